The Hall–Kier alpha value is -5.64. The Morgan fingerprint density at radius 3 is 2.54 bits per heavy atom. The zero-order valence-corrected chi connectivity index (χ0v) is 22.1. The molecule has 5 heterocycles. The predicted octanol–water partition coefficient (Wildman–Crippen LogP) is 5.21. The Balaban J connectivity index is 0.000000210. The van der Waals surface area contributed by atoms with Gasteiger partial charge < -0.3 is 5.73 Å². The molecule has 3 N–H and O–H groups in total. The molecular formula is C31H26N10. The van der Waals surface area contributed by atoms with Gasteiger partial charge in [0.05, 0.1) is 11.8 Å². The zero-order valence-electron chi connectivity index (χ0n) is 22.1. The van der Waals surface area contributed by atoms with Crippen LogP contribution in [-0.2, 0) is 12.8 Å². The Morgan fingerprint density at radius 2 is 1.73 bits per heavy atom. The van der Waals surface area contributed by atoms with Crippen molar-refractivity contribution in [3.8, 4) is 34.2 Å². The summed E-state index contributed by atoms with van der Waals surface area (Å²) in [5.74, 6) is 1.92. The largest absolute Gasteiger partial charge is 0.383 e. The van der Waals surface area contributed by atoms with Crippen molar-refractivity contribution in [1.82, 2.24) is 44.7 Å². The molecule has 200 valence electrons. The first-order chi connectivity index (χ1) is 20.2. The number of hydrogen-bond donors (Lipinski definition) is 2. The lowest BCUT2D eigenvalue weighted by atomic mass is 10.1. The maximum atomic E-state index is 6.22. The van der Waals surface area contributed by atoms with E-state index in [2.05, 4.69) is 48.3 Å². The van der Waals surface area contributed by atoms with Gasteiger partial charge in [0.25, 0.3) is 0 Å². The number of hydrogen-bond acceptors (Lipinski definition) is 7. The minimum Gasteiger partial charge on any atom is -0.383 e. The van der Waals surface area contributed by atoms with E-state index in [1.165, 1.54) is 17.5 Å². The maximum Gasteiger partial charge on any atom is 0.167 e. The van der Waals surface area contributed by atoms with Crippen LogP contribution in [0.4, 0.5) is 5.82 Å². The fourth-order valence-corrected chi connectivity index (χ4v) is 5.16. The highest BCUT2D eigenvalue weighted by Gasteiger charge is 2.20. The zero-order chi connectivity index (χ0) is 27.6. The van der Waals surface area contributed by atoms with Crippen molar-refractivity contribution in [1.29, 1.82) is 0 Å². The van der Waals surface area contributed by atoms with Crippen LogP contribution in [0.5, 0.6) is 0 Å². The SMILES string of the molecule is Nc1ncccc1-c1nc2ccc(-n3cccn3)nc2n1-c1ccc2c(c1)CCC2.c1ccc(-c2cn[nH]n2)cc1. The number of fused-ring (bicyclic) bond motifs is 2. The number of benzene rings is 2. The van der Waals surface area contributed by atoms with Crippen molar-refractivity contribution < 1.29 is 0 Å². The third-order valence-corrected chi connectivity index (χ3v) is 7.13. The van der Waals surface area contributed by atoms with Crippen molar-refractivity contribution in [2.75, 3.05) is 5.73 Å². The van der Waals surface area contributed by atoms with E-state index in [9.17, 15) is 0 Å². The quantitative estimate of drug-likeness (QED) is 0.315. The molecule has 0 bridgehead atoms. The third kappa shape index (κ3) is 4.71. The van der Waals surface area contributed by atoms with Crippen LogP contribution in [0.15, 0.2) is 104 Å². The summed E-state index contributed by atoms with van der Waals surface area (Å²) in [6, 6.07) is 26.1. The average molecular weight is 539 g/mol. The molecule has 41 heavy (non-hydrogen) atoms. The van der Waals surface area contributed by atoms with Crippen molar-refractivity contribution in [3.63, 3.8) is 0 Å². The van der Waals surface area contributed by atoms with Crippen molar-refractivity contribution >= 4 is 17.0 Å². The summed E-state index contributed by atoms with van der Waals surface area (Å²) in [7, 11) is 0. The van der Waals surface area contributed by atoms with Gasteiger partial charge in [-0.25, -0.2) is 19.6 Å². The smallest absolute Gasteiger partial charge is 0.167 e. The maximum absolute atomic E-state index is 6.22. The second kappa shape index (κ2) is 10.5. The first-order valence-corrected chi connectivity index (χ1v) is 13.4. The van der Waals surface area contributed by atoms with Gasteiger partial charge >= 0.3 is 0 Å². The summed E-state index contributed by atoms with van der Waals surface area (Å²) < 4.78 is 3.83. The van der Waals surface area contributed by atoms with E-state index < -0.39 is 0 Å². The van der Waals surface area contributed by atoms with Crippen molar-refractivity contribution in [2.45, 2.75) is 19.3 Å². The van der Waals surface area contributed by atoms with Crippen LogP contribution < -0.4 is 5.73 Å². The summed E-state index contributed by atoms with van der Waals surface area (Å²) in [6.45, 7) is 0. The van der Waals surface area contributed by atoms with Crippen LogP contribution in [0.2, 0.25) is 0 Å². The topological polar surface area (TPSA) is 129 Å². The molecule has 0 saturated heterocycles. The lowest BCUT2D eigenvalue weighted by Gasteiger charge is -2.12. The minimum atomic E-state index is 0.447. The lowest BCUT2D eigenvalue weighted by molar-refractivity contribution is 0.849. The van der Waals surface area contributed by atoms with E-state index in [-0.39, 0.29) is 0 Å². The van der Waals surface area contributed by atoms with Gasteiger partial charge in [0.2, 0.25) is 0 Å². The highest BCUT2D eigenvalue weighted by atomic mass is 15.3. The summed E-state index contributed by atoms with van der Waals surface area (Å²) >= 11 is 0. The summed E-state index contributed by atoms with van der Waals surface area (Å²) in [6.07, 6.45) is 10.5. The monoisotopic (exact) mass is 538 g/mol. The van der Waals surface area contributed by atoms with E-state index in [1.807, 2.05) is 66.9 Å². The predicted molar refractivity (Wildman–Crippen MR) is 157 cm³/mol. The van der Waals surface area contributed by atoms with Crippen LogP contribution in [0.3, 0.4) is 0 Å². The summed E-state index contributed by atoms with van der Waals surface area (Å²) in [5, 5.41) is 14.6. The second-order valence-electron chi connectivity index (χ2n) is 9.70. The van der Waals surface area contributed by atoms with Gasteiger partial charge in [-0.3, -0.25) is 4.57 Å². The van der Waals surface area contributed by atoms with Crippen molar-refractivity contribution in [3.05, 3.63) is 115 Å². The van der Waals surface area contributed by atoms with Gasteiger partial charge in [-0.2, -0.15) is 20.5 Å². The number of H-pyrrole nitrogens is 1. The molecule has 0 radical (unpaired) electrons. The van der Waals surface area contributed by atoms with E-state index in [1.54, 1.807) is 23.3 Å². The molecule has 10 heteroatoms. The molecule has 0 aliphatic heterocycles. The van der Waals surface area contributed by atoms with Gasteiger partial charge in [-0.15, -0.1) is 0 Å². The average Bonchev–Trinajstić information content (AvgIpc) is 3.84. The molecule has 0 spiro atoms. The standard InChI is InChI=1S/C23H19N7.C8H7N3/c24-21-18(6-2-11-25-21)22-27-19-9-10-20(29-13-3-12-26-29)28-23(19)30(22)17-8-7-15-4-1-5-16(15)14-17;1-2-4-7(5-3-1)8-6-9-11-10-8/h2-3,6-14H,1,4-5H2,(H2,24,25);1-6H,(H,9,10,11). The number of pyridine rings is 2. The van der Waals surface area contributed by atoms with E-state index in [0.29, 0.717) is 5.82 Å². The molecule has 1 aliphatic rings. The molecule has 2 aromatic carbocycles. The fourth-order valence-electron chi connectivity index (χ4n) is 5.16. The Labute approximate surface area is 235 Å². The highest BCUT2D eigenvalue weighted by molar-refractivity contribution is 5.83. The Kier molecular flexibility index (Phi) is 6.25. The van der Waals surface area contributed by atoms with Crippen LogP contribution in [0, 0.1) is 0 Å². The number of nitrogens with zero attached hydrogens (tertiary/aromatic N) is 8. The highest BCUT2D eigenvalue weighted by Crippen LogP contribution is 2.32. The van der Waals surface area contributed by atoms with Crippen LogP contribution in [0.1, 0.15) is 17.5 Å². The number of anilines is 1. The molecule has 10 nitrogen and oxygen atoms in total. The lowest BCUT2D eigenvalue weighted by Crippen LogP contribution is -2.04. The molecule has 7 aromatic rings. The molecule has 5 aromatic heterocycles. The van der Waals surface area contributed by atoms with E-state index in [0.717, 1.165) is 58.2 Å². The Bertz CT molecular complexity index is 1920. The first kappa shape index (κ1) is 24.4. The molecule has 8 rings (SSSR count). The number of aryl methyl sites for hydroxylation is 2. The molecule has 0 saturated carbocycles. The van der Waals surface area contributed by atoms with Crippen molar-refractivity contribution in [2.24, 2.45) is 0 Å². The summed E-state index contributed by atoms with van der Waals surface area (Å²) in [4.78, 5) is 14.1. The first-order valence-electron chi connectivity index (χ1n) is 13.4. The molecule has 0 unspecified atom stereocenters. The number of aromatic nitrogens is 9. The summed E-state index contributed by atoms with van der Waals surface area (Å²) in [5.41, 5.74) is 14.4. The number of imidazole rings is 1. The number of nitrogens with two attached hydrogens (primary N) is 1. The molecule has 0 atom stereocenters. The molecular weight excluding hydrogens is 512 g/mol. The second-order valence-corrected chi connectivity index (χ2v) is 9.70. The number of rotatable bonds is 4. The van der Waals surface area contributed by atoms with Gasteiger partial charge in [-0.1, -0.05) is 36.4 Å². The van der Waals surface area contributed by atoms with Crippen LogP contribution in [0.25, 0.3) is 45.3 Å². The van der Waals surface area contributed by atoms with Gasteiger partial charge in [0, 0.05) is 29.8 Å². The van der Waals surface area contributed by atoms with Crippen LogP contribution in [-0.4, -0.2) is 44.7 Å². The van der Waals surface area contributed by atoms with Crippen LogP contribution >= 0.6 is 0 Å². The number of nitrogens with one attached hydrogen (secondary N) is 1. The van der Waals surface area contributed by atoms with Gasteiger partial charge in [0.15, 0.2) is 17.3 Å². The Morgan fingerprint density at radius 1 is 0.829 bits per heavy atom. The molecule has 0 fully saturated rings. The van der Waals surface area contributed by atoms with Gasteiger partial charge in [0.1, 0.15) is 17.0 Å². The minimum absolute atomic E-state index is 0.447. The van der Waals surface area contributed by atoms with E-state index in [4.69, 9.17) is 15.7 Å². The normalized spacial score (nSPS) is 12.2. The number of nitrogen functional groups attached to an aromatic ring is 1. The molecule has 1 aliphatic carbocycles. The van der Waals surface area contributed by atoms with E-state index >= 15 is 0 Å². The molecule has 0 amide bonds. The van der Waals surface area contributed by atoms with Gasteiger partial charge in [-0.05, 0) is 72.9 Å². The fraction of sp³-hybridized carbons (Fsp3) is 0.0968. The third-order valence-electron chi connectivity index (χ3n) is 7.13. The number of aromatic amines is 1.